The first kappa shape index (κ1) is 17.7. The molecule has 1 atom stereocenters. The van der Waals surface area contributed by atoms with Crippen LogP contribution in [0.3, 0.4) is 0 Å². The molecule has 0 aliphatic heterocycles. The zero-order valence-electron chi connectivity index (χ0n) is 13.1. The third kappa shape index (κ3) is 7.25. The van der Waals surface area contributed by atoms with Gasteiger partial charge in [0.15, 0.2) is 0 Å². The van der Waals surface area contributed by atoms with Crippen molar-refractivity contribution in [3.63, 3.8) is 0 Å². The van der Waals surface area contributed by atoms with E-state index < -0.39 is 12.1 Å². The summed E-state index contributed by atoms with van der Waals surface area (Å²) in [5.74, 6) is -0.723. The molecule has 4 nitrogen and oxygen atoms in total. The van der Waals surface area contributed by atoms with Crippen LogP contribution < -0.4 is 5.32 Å². The molecular formula is C17H27NO3. The molecule has 3 N–H and O–H groups in total. The number of nitrogens with one attached hydrogen (secondary N) is 1. The van der Waals surface area contributed by atoms with E-state index >= 15 is 0 Å². The quantitative estimate of drug-likeness (QED) is 0.580. The fourth-order valence-corrected chi connectivity index (χ4v) is 2.34. The number of hydrogen-bond acceptors (Lipinski definition) is 3. The lowest BCUT2D eigenvalue weighted by Gasteiger charge is -2.15. The molecular weight excluding hydrogens is 266 g/mol. The number of benzene rings is 1. The van der Waals surface area contributed by atoms with Crippen LogP contribution in [0.25, 0.3) is 0 Å². The predicted octanol–water partition coefficient (Wildman–Crippen LogP) is 2.96. The number of hydrogen-bond donors (Lipinski definition) is 3. The Bertz CT molecular complexity index is 446. The Morgan fingerprint density at radius 3 is 2.67 bits per heavy atom. The van der Waals surface area contributed by atoms with E-state index in [4.69, 9.17) is 5.11 Å². The van der Waals surface area contributed by atoms with Crippen molar-refractivity contribution in [3.05, 3.63) is 34.9 Å². The number of carbonyl (C=O) groups is 1. The fraction of sp³-hybridized carbons (Fsp3) is 0.588. The Morgan fingerprint density at radius 1 is 1.19 bits per heavy atom. The number of aliphatic hydroxyl groups excluding tert-OH is 1. The average molecular weight is 293 g/mol. The van der Waals surface area contributed by atoms with Crippen molar-refractivity contribution in [1.29, 1.82) is 0 Å². The first-order chi connectivity index (χ1) is 10.0. The fourth-order valence-electron chi connectivity index (χ4n) is 2.34. The van der Waals surface area contributed by atoms with Crippen LogP contribution in [-0.4, -0.2) is 29.3 Å². The molecule has 118 valence electrons. The third-order valence-corrected chi connectivity index (χ3v) is 3.63. The summed E-state index contributed by atoms with van der Waals surface area (Å²) < 4.78 is 0. The molecule has 0 aromatic heterocycles. The molecule has 0 saturated carbocycles. The maximum absolute atomic E-state index is 10.4. The first-order valence-electron chi connectivity index (χ1n) is 7.68. The van der Waals surface area contributed by atoms with Crippen LogP contribution in [-0.2, 0) is 4.79 Å². The van der Waals surface area contributed by atoms with Crippen molar-refractivity contribution in [2.24, 2.45) is 0 Å². The Hall–Kier alpha value is -1.39. The van der Waals surface area contributed by atoms with E-state index in [1.54, 1.807) is 0 Å². The molecule has 0 saturated heterocycles. The lowest BCUT2D eigenvalue weighted by Crippen LogP contribution is -2.19. The highest BCUT2D eigenvalue weighted by Gasteiger charge is 2.10. The molecule has 1 aromatic carbocycles. The van der Waals surface area contributed by atoms with Crippen molar-refractivity contribution in [1.82, 2.24) is 5.32 Å². The van der Waals surface area contributed by atoms with Gasteiger partial charge in [-0.2, -0.15) is 0 Å². The summed E-state index contributed by atoms with van der Waals surface area (Å²) in [6.45, 7) is 5.70. The summed E-state index contributed by atoms with van der Waals surface area (Å²) in [6.07, 6.45) is 3.17. The molecule has 1 unspecified atom stereocenters. The van der Waals surface area contributed by atoms with Gasteiger partial charge in [-0.1, -0.05) is 30.2 Å². The molecule has 4 heteroatoms. The Labute approximate surface area is 127 Å². The maximum atomic E-state index is 10.4. The van der Waals surface area contributed by atoms with Crippen LogP contribution >= 0.6 is 0 Å². The van der Waals surface area contributed by atoms with Crippen molar-refractivity contribution >= 4 is 5.97 Å². The van der Waals surface area contributed by atoms with Crippen LogP contribution in [0.2, 0.25) is 0 Å². The molecule has 0 aliphatic rings. The molecule has 0 fully saturated rings. The van der Waals surface area contributed by atoms with E-state index in [1.807, 2.05) is 26.0 Å². The van der Waals surface area contributed by atoms with Crippen molar-refractivity contribution < 1.29 is 15.0 Å². The number of aliphatic carboxylic acids is 1. The zero-order valence-corrected chi connectivity index (χ0v) is 13.1. The van der Waals surface area contributed by atoms with Gasteiger partial charge in [-0.15, -0.1) is 0 Å². The van der Waals surface area contributed by atoms with Gasteiger partial charge in [-0.05, 0) is 57.3 Å². The van der Waals surface area contributed by atoms with E-state index in [0.29, 0.717) is 6.42 Å². The lowest BCUT2D eigenvalue weighted by molar-refractivity contribution is -0.137. The number of unbranched alkanes of at least 4 members (excludes halogenated alkanes) is 2. The SMILES string of the molecule is Cc1ccc(C)c(C(O)CCNCCCCCC(=O)O)c1. The zero-order chi connectivity index (χ0) is 15.7. The van der Waals surface area contributed by atoms with Gasteiger partial charge >= 0.3 is 5.97 Å². The average Bonchev–Trinajstić information content (AvgIpc) is 2.43. The van der Waals surface area contributed by atoms with E-state index in [9.17, 15) is 9.90 Å². The second kappa shape index (κ2) is 9.53. The highest BCUT2D eigenvalue weighted by atomic mass is 16.4. The number of rotatable bonds is 10. The van der Waals surface area contributed by atoms with Crippen LogP contribution in [0, 0.1) is 13.8 Å². The van der Waals surface area contributed by atoms with Gasteiger partial charge in [-0.25, -0.2) is 0 Å². The molecule has 0 aliphatic carbocycles. The smallest absolute Gasteiger partial charge is 0.303 e. The first-order valence-corrected chi connectivity index (χ1v) is 7.68. The molecule has 21 heavy (non-hydrogen) atoms. The highest BCUT2D eigenvalue weighted by Crippen LogP contribution is 2.21. The van der Waals surface area contributed by atoms with E-state index in [1.165, 1.54) is 5.56 Å². The molecule has 0 amide bonds. The second-order valence-electron chi connectivity index (χ2n) is 5.62. The number of aliphatic hydroxyl groups is 1. The Kier molecular flexibility index (Phi) is 8.01. The second-order valence-corrected chi connectivity index (χ2v) is 5.62. The number of aryl methyl sites for hydroxylation is 2. The van der Waals surface area contributed by atoms with Gasteiger partial charge in [0, 0.05) is 6.42 Å². The third-order valence-electron chi connectivity index (χ3n) is 3.63. The predicted molar refractivity (Wildman–Crippen MR) is 84.5 cm³/mol. The monoisotopic (exact) mass is 293 g/mol. The number of carboxylic acids is 1. The van der Waals surface area contributed by atoms with Gasteiger partial charge in [0.05, 0.1) is 6.10 Å². The van der Waals surface area contributed by atoms with Gasteiger partial charge < -0.3 is 15.5 Å². The number of carboxylic acid groups (broad SMARTS) is 1. The summed E-state index contributed by atoms with van der Waals surface area (Å²) >= 11 is 0. The van der Waals surface area contributed by atoms with E-state index in [0.717, 1.165) is 43.5 Å². The maximum Gasteiger partial charge on any atom is 0.303 e. The molecule has 0 heterocycles. The largest absolute Gasteiger partial charge is 0.481 e. The molecule has 0 radical (unpaired) electrons. The van der Waals surface area contributed by atoms with Gasteiger partial charge in [0.25, 0.3) is 0 Å². The molecule has 1 aromatic rings. The van der Waals surface area contributed by atoms with Crippen molar-refractivity contribution in [2.45, 2.75) is 52.1 Å². The summed E-state index contributed by atoms with van der Waals surface area (Å²) in [5, 5.41) is 22.0. The minimum Gasteiger partial charge on any atom is -0.481 e. The van der Waals surface area contributed by atoms with Gasteiger partial charge in [0.1, 0.15) is 0 Å². The van der Waals surface area contributed by atoms with Gasteiger partial charge in [0.2, 0.25) is 0 Å². The minimum absolute atomic E-state index is 0.255. The highest BCUT2D eigenvalue weighted by molar-refractivity contribution is 5.66. The summed E-state index contributed by atoms with van der Waals surface area (Å²) in [6, 6.07) is 6.15. The van der Waals surface area contributed by atoms with Crippen LogP contribution in [0.15, 0.2) is 18.2 Å². The van der Waals surface area contributed by atoms with E-state index in [-0.39, 0.29) is 6.42 Å². The lowest BCUT2D eigenvalue weighted by atomic mass is 9.99. The topological polar surface area (TPSA) is 69.6 Å². The normalized spacial score (nSPS) is 12.3. The summed E-state index contributed by atoms with van der Waals surface area (Å²) in [4.78, 5) is 10.4. The van der Waals surface area contributed by atoms with Crippen LogP contribution in [0.1, 0.15) is 54.9 Å². The summed E-state index contributed by atoms with van der Waals surface area (Å²) in [7, 11) is 0. The van der Waals surface area contributed by atoms with Crippen LogP contribution in [0.4, 0.5) is 0 Å². The Balaban J connectivity index is 2.15. The van der Waals surface area contributed by atoms with E-state index in [2.05, 4.69) is 11.4 Å². The standard InChI is InChI=1S/C17H27NO3/c1-13-7-8-14(2)15(12-13)16(19)9-11-18-10-5-3-4-6-17(20)21/h7-8,12,16,18-19H,3-6,9-11H2,1-2H3,(H,20,21). The van der Waals surface area contributed by atoms with Crippen molar-refractivity contribution in [2.75, 3.05) is 13.1 Å². The Morgan fingerprint density at radius 2 is 1.95 bits per heavy atom. The molecule has 1 rings (SSSR count). The van der Waals surface area contributed by atoms with Gasteiger partial charge in [-0.3, -0.25) is 4.79 Å². The minimum atomic E-state index is -0.723. The molecule has 0 spiro atoms. The van der Waals surface area contributed by atoms with Crippen molar-refractivity contribution in [3.8, 4) is 0 Å². The van der Waals surface area contributed by atoms with Crippen LogP contribution in [0.5, 0.6) is 0 Å². The molecule has 0 bridgehead atoms. The summed E-state index contributed by atoms with van der Waals surface area (Å²) in [5.41, 5.74) is 3.31.